The van der Waals surface area contributed by atoms with Gasteiger partial charge in [0.1, 0.15) is 11.5 Å². The van der Waals surface area contributed by atoms with E-state index in [9.17, 15) is 9.18 Å². The zero-order valence-electron chi connectivity index (χ0n) is 12.3. The Morgan fingerprint density at radius 1 is 1.30 bits per heavy atom. The molecule has 0 unspecified atom stereocenters. The number of urea groups is 1. The predicted octanol–water partition coefficient (Wildman–Crippen LogP) is 3.87. The number of carbonyl (C=O) groups excluding carboxylic acids is 1. The van der Waals surface area contributed by atoms with Crippen LogP contribution in [0.2, 0.25) is 0 Å². The molecule has 118 valence electrons. The van der Waals surface area contributed by atoms with Gasteiger partial charge in [-0.05, 0) is 52.7 Å². The van der Waals surface area contributed by atoms with E-state index < -0.39 is 6.03 Å². The van der Waals surface area contributed by atoms with Gasteiger partial charge in [-0.25, -0.2) is 14.2 Å². The van der Waals surface area contributed by atoms with E-state index in [0.29, 0.717) is 11.3 Å². The summed E-state index contributed by atoms with van der Waals surface area (Å²) < 4.78 is 16.3. The number of hydrogen-bond acceptors (Lipinski definition) is 2. The number of halogens is 2. The van der Waals surface area contributed by atoms with Crippen LogP contribution in [0.5, 0.6) is 0 Å². The highest BCUT2D eigenvalue weighted by Gasteiger charge is 2.06. The Morgan fingerprint density at radius 2 is 2.13 bits per heavy atom. The second kappa shape index (κ2) is 6.37. The molecule has 0 saturated heterocycles. The lowest BCUT2D eigenvalue weighted by Gasteiger charge is -2.07. The highest BCUT2D eigenvalue weighted by Crippen LogP contribution is 2.14. The number of benzene rings is 1. The number of aryl methyl sites for hydroxylation is 1. The van der Waals surface area contributed by atoms with Gasteiger partial charge in [-0.15, -0.1) is 0 Å². The number of pyridine rings is 1. The first-order valence-corrected chi connectivity index (χ1v) is 7.75. The summed E-state index contributed by atoms with van der Waals surface area (Å²) in [6.07, 6.45) is 3.73. The first-order chi connectivity index (χ1) is 11.0. The maximum absolute atomic E-state index is 13.4. The molecule has 5 nitrogen and oxygen atoms in total. The van der Waals surface area contributed by atoms with Crippen LogP contribution in [-0.2, 0) is 6.54 Å². The van der Waals surface area contributed by atoms with Crippen LogP contribution in [-0.4, -0.2) is 15.4 Å². The van der Waals surface area contributed by atoms with Crippen molar-refractivity contribution in [1.29, 1.82) is 0 Å². The summed E-state index contributed by atoms with van der Waals surface area (Å²) in [7, 11) is 0. The van der Waals surface area contributed by atoms with E-state index in [1.54, 1.807) is 19.1 Å². The molecular formula is C16H14BrFN4O. The Balaban J connectivity index is 1.62. The number of fused-ring (bicyclic) bond motifs is 1. The van der Waals surface area contributed by atoms with E-state index >= 15 is 0 Å². The van der Waals surface area contributed by atoms with Gasteiger partial charge in [0, 0.05) is 22.6 Å². The number of aromatic nitrogens is 2. The molecule has 0 aliphatic rings. The van der Waals surface area contributed by atoms with Gasteiger partial charge in [0.2, 0.25) is 0 Å². The van der Waals surface area contributed by atoms with E-state index in [-0.39, 0.29) is 12.4 Å². The lowest BCUT2D eigenvalue weighted by atomic mass is 10.2. The van der Waals surface area contributed by atoms with Crippen LogP contribution < -0.4 is 10.6 Å². The lowest BCUT2D eigenvalue weighted by molar-refractivity contribution is 0.251. The summed E-state index contributed by atoms with van der Waals surface area (Å²) in [5.74, 6) is -0.353. The van der Waals surface area contributed by atoms with Crippen molar-refractivity contribution in [1.82, 2.24) is 14.7 Å². The van der Waals surface area contributed by atoms with E-state index in [2.05, 4.69) is 31.5 Å². The first-order valence-electron chi connectivity index (χ1n) is 6.95. The minimum Gasteiger partial charge on any atom is -0.332 e. The summed E-state index contributed by atoms with van der Waals surface area (Å²) in [4.78, 5) is 16.3. The summed E-state index contributed by atoms with van der Waals surface area (Å²) in [5.41, 5.74) is 2.47. The van der Waals surface area contributed by atoms with Crippen LogP contribution in [0.1, 0.15) is 11.3 Å². The van der Waals surface area contributed by atoms with Gasteiger partial charge < -0.3 is 15.0 Å². The van der Waals surface area contributed by atoms with Crippen molar-refractivity contribution in [3.8, 4) is 0 Å². The lowest BCUT2D eigenvalue weighted by Crippen LogP contribution is -2.28. The van der Waals surface area contributed by atoms with Crippen LogP contribution >= 0.6 is 15.9 Å². The number of anilines is 1. The quantitative estimate of drug-likeness (QED) is 0.728. The Bertz CT molecular complexity index is 878. The van der Waals surface area contributed by atoms with Gasteiger partial charge in [0.05, 0.1) is 12.2 Å². The van der Waals surface area contributed by atoms with E-state index in [1.165, 1.54) is 6.07 Å². The van der Waals surface area contributed by atoms with Crippen LogP contribution in [0, 0.1) is 12.7 Å². The number of nitrogens with one attached hydrogen (secondary N) is 2. The molecule has 7 heteroatoms. The van der Waals surface area contributed by atoms with Crippen LogP contribution in [0.4, 0.5) is 14.9 Å². The fraction of sp³-hybridized carbons (Fsp3) is 0.125. The first kappa shape index (κ1) is 15.5. The smallest absolute Gasteiger partial charge is 0.319 e. The molecule has 0 atom stereocenters. The van der Waals surface area contributed by atoms with Gasteiger partial charge >= 0.3 is 6.03 Å². The molecule has 3 rings (SSSR count). The van der Waals surface area contributed by atoms with E-state index in [1.807, 2.05) is 28.9 Å². The summed E-state index contributed by atoms with van der Waals surface area (Å²) in [6.45, 7) is 1.94. The van der Waals surface area contributed by atoms with Crippen LogP contribution in [0.25, 0.3) is 5.65 Å². The molecule has 0 radical (unpaired) electrons. The SMILES string of the molecule is Cc1ccc(NC(=O)NCc2cn3cc(Br)ccc3n2)cc1F. The number of nitrogens with zero attached hydrogens (tertiary/aromatic N) is 2. The molecule has 2 heterocycles. The standard InChI is InChI=1S/C16H14BrFN4O/c1-10-2-4-12(6-14(10)18)21-16(23)19-7-13-9-22-8-11(17)3-5-15(22)20-13/h2-6,8-9H,7H2,1H3,(H2,19,21,23). The Kier molecular flexibility index (Phi) is 4.29. The molecule has 0 aliphatic carbocycles. The van der Waals surface area contributed by atoms with Crippen LogP contribution in [0.15, 0.2) is 47.2 Å². The molecule has 2 N–H and O–H groups in total. The molecule has 0 spiro atoms. The minimum absolute atomic E-state index is 0.277. The zero-order chi connectivity index (χ0) is 16.4. The maximum Gasteiger partial charge on any atom is 0.319 e. The van der Waals surface area contributed by atoms with Gasteiger partial charge in [-0.3, -0.25) is 0 Å². The van der Waals surface area contributed by atoms with Gasteiger partial charge in [0.15, 0.2) is 0 Å². The van der Waals surface area contributed by atoms with Crippen molar-refractivity contribution in [2.75, 3.05) is 5.32 Å². The summed E-state index contributed by atoms with van der Waals surface area (Å²) >= 11 is 3.39. The van der Waals surface area contributed by atoms with E-state index in [0.717, 1.165) is 15.8 Å². The summed E-state index contributed by atoms with van der Waals surface area (Å²) in [6, 6.07) is 7.93. The number of hydrogen-bond donors (Lipinski definition) is 2. The number of amides is 2. The average molecular weight is 377 g/mol. The fourth-order valence-electron chi connectivity index (χ4n) is 2.12. The topological polar surface area (TPSA) is 58.4 Å². The zero-order valence-corrected chi connectivity index (χ0v) is 13.9. The maximum atomic E-state index is 13.4. The Labute approximate surface area is 140 Å². The highest BCUT2D eigenvalue weighted by atomic mass is 79.9. The van der Waals surface area contributed by atoms with E-state index in [4.69, 9.17) is 0 Å². The monoisotopic (exact) mass is 376 g/mol. The van der Waals surface area contributed by atoms with Crippen molar-refractivity contribution >= 4 is 33.3 Å². The van der Waals surface area contributed by atoms with Gasteiger partial charge in [-0.1, -0.05) is 6.07 Å². The second-order valence-corrected chi connectivity index (χ2v) is 6.03. The van der Waals surface area contributed by atoms with Crippen molar-refractivity contribution < 1.29 is 9.18 Å². The number of carbonyl (C=O) groups is 1. The fourth-order valence-corrected chi connectivity index (χ4v) is 2.47. The molecule has 0 fully saturated rings. The molecular weight excluding hydrogens is 363 g/mol. The number of rotatable bonds is 3. The second-order valence-electron chi connectivity index (χ2n) is 5.12. The highest BCUT2D eigenvalue weighted by molar-refractivity contribution is 9.10. The molecule has 0 saturated carbocycles. The Hall–Kier alpha value is -2.41. The molecule has 1 aromatic carbocycles. The molecule has 3 aromatic rings. The average Bonchev–Trinajstić information content (AvgIpc) is 2.91. The molecule has 2 amide bonds. The van der Waals surface area contributed by atoms with Gasteiger partial charge in [-0.2, -0.15) is 0 Å². The third-order valence-electron chi connectivity index (χ3n) is 3.32. The predicted molar refractivity (Wildman–Crippen MR) is 89.9 cm³/mol. The Morgan fingerprint density at radius 3 is 2.91 bits per heavy atom. The van der Waals surface area contributed by atoms with Crippen molar-refractivity contribution in [2.45, 2.75) is 13.5 Å². The summed E-state index contributed by atoms with van der Waals surface area (Å²) in [5, 5.41) is 5.29. The normalized spacial score (nSPS) is 10.7. The minimum atomic E-state index is -0.411. The van der Waals surface area contributed by atoms with Crippen molar-refractivity contribution in [3.63, 3.8) is 0 Å². The molecule has 23 heavy (non-hydrogen) atoms. The van der Waals surface area contributed by atoms with Gasteiger partial charge in [0.25, 0.3) is 0 Å². The molecule has 0 aliphatic heterocycles. The molecule has 2 aromatic heterocycles. The number of imidazole rings is 1. The van der Waals surface area contributed by atoms with Crippen molar-refractivity contribution in [3.05, 3.63) is 64.3 Å². The third kappa shape index (κ3) is 3.68. The van der Waals surface area contributed by atoms with Crippen LogP contribution in [0.3, 0.4) is 0 Å². The van der Waals surface area contributed by atoms with Crippen molar-refractivity contribution in [2.24, 2.45) is 0 Å². The molecule has 0 bridgehead atoms. The third-order valence-corrected chi connectivity index (χ3v) is 3.79. The largest absolute Gasteiger partial charge is 0.332 e.